The van der Waals surface area contributed by atoms with E-state index in [1.807, 2.05) is 0 Å². The molecule has 94 valence electrons. The zero-order valence-corrected chi connectivity index (χ0v) is 10.8. The maximum atomic E-state index is 5.94. The van der Waals surface area contributed by atoms with Crippen molar-refractivity contribution in [2.45, 2.75) is 69.6 Å². The lowest BCUT2D eigenvalue weighted by atomic mass is 9.90. The molecule has 2 unspecified atom stereocenters. The third kappa shape index (κ3) is 3.19. The zero-order valence-electron chi connectivity index (χ0n) is 10.8. The molecule has 1 heterocycles. The molecule has 1 saturated heterocycles. The van der Waals surface area contributed by atoms with E-state index in [4.69, 9.17) is 5.73 Å². The summed E-state index contributed by atoms with van der Waals surface area (Å²) in [5.41, 5.74) is 5.94. The van der Waals surface area contributed by atoms with E-state index in [0.29, 0.717) is 6.04 Å². The third-order valence-electron chi connectivity index (χ3n) is 4.45. The molecule has 16 heavy (non-hydrogen) atoms. The molecule has 2 atom stereocenters. The molecule has 3 heteroatoms. The van der Waals surface area contributed by atoms with Gasteiger partial charge in [-0.3, -0.25) is 0 Å². The van der Waals surface area contributed by atoms with E-state index in [1.54, 1.807) is 0 Å². The quantitative estimate of drug-likeness (QED) is 0.745. The summed E-state index contributed by atoms with van der Waals surface area (Å²) in [6.07, 6.45) is 7.59. The van der Waals surface area contributed by atoms with Crippen molar-refractivity contribution in [1.82, 2.24) is 10.2 Å². The molecule has 0 amide bonds. The Labute approximate surface area is 99.8 Å². The van der Waals surface area contributed by atoms with E-state index in [2.05, 4.69) is 24.2 Å². The van der Waals surface area contributed by atoms with Crippen molar-refractivity contribution in [3.05, 3.63) is 0 Å². The minimum absolute atomic E-state index is 0.467. The fourth-order valence-electron chi connectivity index (χ4n) is 3.06. The van der Waals surface area contributed by atoms with Gasteiger partial charge in [-0.2, -0.15) is 0 Å². The highest BCUT2D eigenvalue weighted by atomic mass is 15.1. The summed E-state index contributed by atoms with van der Waals surface area (Å²) >= 11 is 0. The Hall–Kier alpha value is -0.120. The van der Waals surface area contributed by atoms with Crippen LogP contribution in [-0.2, 0) is 0 Å². The molecule has 3 N–H and O–H groups in total. The summed E-state index contributed by atoms with van der Waals surface area (Å²) in [7, 11) is 2.24. The van der Waals surface area contributed by atoms with Crippen LogP contribution in [0.4, 0.5) is 0 Å². The van der Waals surface area contributed by atoms with Gasteiger partial charge in [0.15, 0.2) is 0 Å². The monoisotopic (exact) mass is 225 g/mol. The molecule has 0 aromatic heterocycles. The van der Waals surface area contributed by atoms with Crippen molar-refractivity contribution in [1.29, 1.82) is 0 Å². The van der Waals surface area contributed by atoms with Crippen molar-refractivity contribution >= 4 is 0 Å². The Balaban J connectivity index is 1.73. The molecule has 0 aromatic carbocycles. The van der Waals surface area contributed by atoms with Crippen molar-refractivity contribution in [2.75, 3.05) is 13.6 Å². The lowest BCUT2D eigenvalue weighted by molar-refractivity contribution is 0.156. The summed E-state index contributed by atoms with van der Waals surface area (Å²) in [6.45, 7) is 3.58. The van der Waals surface area contributed by atoms with Crippen LogP contribution in [-0.4, -0.2) is 42.7 Å². The van der Waals surface area contributed by atoms with Crippen molar-refractivity contribution in [3.8, 4) is 0 Å². The highest BCUT2D eigenvalue weighted by molar-refractivity contribution is 4.86. The Morgan fingerprint density at radius 3 is 2.38 bits per heavy atom. The Morgan fingerprint density at radius 1 is 1.06 bits per heavy atom. The minimum atomic E-state index is 0.467. The van der Waals surface area contributed by atoms with Gasteiger partial charge in [0.05, 0.1) is 0 Å². The highest BCUT2D eigenvalue weighted by Gasteiger charge is 2.26. The Bertz CT molecular complexity index is 211. The highest BCUT2D eigenvalue weighted by Crippen LogP contribution is 2.21. The van der Waals surface area contributed by atoms with E-state index in [-0.39, 0.29) is 0 Å². The molecule has 1 saturated carbocycles. The second kappa shape index (κ2) is 5.48. The lowest BCUT2D eigenvalue weighted by Crippen LogP contribution is -2.49. The fourth-order valence-corrected chi connectivity index (χ4v) is 3.06. The zero-order chi connectivity index (χ0) is 11.5. The molecule has 2 rings (SSSR count). The summed E-state index contributed by atoms with van der Waals surface area (Å²) in [5, 5.41) is 3.85. The number of nitrogens with zero attached hydrogens (tertiary/aromatic N) is 1. The summed E-state index contributed by atoms with van der Waals surface area (Å²) in [4.78, 5) is 2.47. The van der Waals surface area contributed by atoms with Crippen LogP contribution in [0.3, 0.4) is 0 Å². The second-order valence-corrected chi connectivity index (χ2v) is 5.83. The predicted octanol–water partition coefficient (Wildman–Crippen LogP) is 1.33. The van der Waals surface area contributed by atoms with Gasteiger partial charge < -0.3 is 16.0 Å². The molecule has 0 spiro atoms. The standard InChI is InChI=1S/C13H27N3/c1-10-9-13(7-8-16(10)2)15-12-5-3-11(14)4-6-12/h10-13,15H,3-9,14H2,1-2H3. The molecule has 0 bridgehead atoms. The average Bonchev–Trinajstić information content (AvgIpc) is 2.27. The molecule has 2 fully saturated rings. The Morgan fingerprint density at radius 2 is 1.75 bits per heavy atom. The van der Waals surface area contributed by atoms with Crippen LogP contribution in [0, 0.1) is 0 Å². The van der Waals surface area contributed by atoms with Gasteiger partial charge in [0.25, 0.3) is 0 Å². The van der Waals surface area contributed by atoms with Gasteiger partial charge >= 0.3 is 0 Å². The van der Waals surface area contributed by atoms with Crippen LogP contribution in [0.5, 0.6) is 0 Å². The number of hydrogen-bond donors (Lipinski definition) is 2. The number of piperidine rings is 1. The van der Waals surface area contributed by atoms with Crippen LogP contribution >= 0.6 is 0 Å². The smallest absolute Gasteiger partial charge is 0.00966 e. The normalized spacial score (nSPS) is 42.2. The number of likely N-dealkylation sites (tertiary alicyclic amines) is 1. The first-order valence-electron chi connectivity index (χ1n) is 6.87. The molecule has 0 aromatic rings. The first kappa shape index (κ1) is 12.3. The van der Waals surface area contributed by atoms with Gasteiger partial charge in [-0.25, -0.2) is 0 Å². The molecule has 1 aliphatic carbocycles. The van der Waals surface area contributed by atoms with Crippen LogP contribution < -0.4 is 11.1 Å². The fraction of sp³-hybridized carbons (Fsp3) is 1.00. The van der Waals surface area contributed by atoms with E-state index in [9.17, 15) is 0 Å². The van der Waals surface area contributed by atoms with E-state index < -0.39 is 0 Å². The van der Waals surface area contributed by atoms with Gasteiger partial charge in [-0.1, -0.05) is 0 Å². The van der Waals surface area contributed by atoms with Gasteiger partial charge in [0.2, 0.25) is 0 Å². The van der Waals surface area contributed by atoms with Crippen LogP contribution in [0.15, 0.2) is 0 Å². The van der Waals surface area contributed by atoms with Gasteiger partial charge in [0, 0.05) is 24.2 Å². The predicted molar refractivity (Wildman–Crippen MR) is 68.5 cm³/mol. The van der Waals surface area contributed by atoms with Crippen LogP contribution in [0.25, 0.3) is 0 Å². The second-order valence-electron chi connectivity index (χ2n) is 5.83. The summed E-state index contributed by atoms with van der Waals surface area (Å²) < 4.78 is 0. The van der Waals surface area contributed by atoms with Crippen LogP contribution in [0.1, 0.15) is 45.4 Å². The summed E-state index contributed by atoms with van der Waals surface area (Å²) in [5.74, 6) is 0. The third-order valence-corrected chi connectivity index (χ3v) is 4.45. The van der Waals surface area contributed by atoms with E-state index >= 15 is 0 Å². The molecular formula is C13H27N3. The van der Waals surface area contributed by atoms with Crippen molar-refractivity contribution < 1.29 is 0 Å². The van der Waals surface area contributed by atoms with Gasteiger partial charge in [-0.15, -0.1) is 0 Å². The SMILES string of the molecule is CC1CC(NC2CCC(N)CC2)CCN1C. The Kier molecular flexibility index (Phi) is 4.22. The first-order chi connectivity index (χ1) is 7.65. The lowest BCUT2D eigenvalue weighted by Gasteiger charge is -2.38. The van der Waals surface area contributed by atoms with Gasteiger partial charge in [-0.05, 0) is 59.0 Å². The van der Waals surface area contributed by atoms with Crippen LogP contribution in [0.2, 0.25) is 0 Å². The maximum absolute atomic E-state index is 5.94. The number of nitrogens with one attached hydrogen (secondary N) is 1. The molecule has 1 aliphatic heterocycles. The number of rotatable bonds is 2. The largest absolute Gasteiger partial charge is 0.328 e. The maximum Gasteiger partial charge on any atom is 0.00966 e. The van der Waals surface area contributed by atoms with Gasteiger partial charge in [0.1, 0.15) is 0 Å². The molecular weight excluding hydrogens is 198 g/mol. The first-order valence-corrected chi connectivity index (χ1v) is 6.87. The molecule has 3 nitrogen and oxygen atoms in total. The topological polar surface area (TPSA) is 41.3 Å². The van der Waals surface area contributed by atoms with E-state index in [0.717, 1.165) is 18.1 Å². The summed E-state index contributed by atoms with van der Waals surface area (Å²) in [6, 6.07) is 2.68. The van der Waals surface area contributed by atoms with E-state index in [1.165, 1.54) is 45.1 Å². The molecule has 0 radical (unpaired) electrons. The number of hydrogen-bond acceptors (Lipinski definition) is 3. The molecule has 2 aliphatic rings. The average molecular weight is 225 g/mol. The minimum Gasteiger partial charge on any atom is -0.328 e. The van der Waals surface area contributed by atoms with Crippen molar-refractivity contribution in [3.63, 3.8) is 0 Å². The van der Waals surface area contributed by atoms with Crippen molar-refractivity contribution in [2.24, 2.45) is 5.73 Å². The number of nitrogens with two attached hydrogens (primary N) is 1.